The topological polar surface area (TPSA) is 110 Å². The summed E-state index contributed by atoms with van der Waals surface area (Å²) in [4.78, 5) is 24.0. The zero-order valence-electron chi connectivity index (χ0n) is 14.6. The van der Waals surface area contributed by atoms with Crippen molar-refractivity contribution in [3.05, 3.63) is 30.3 Å². The first kappa shape index (κ1) is 21.1. The molecule has 0 spiro atoms. The van der Waals surface area contributed by atoms with Crippen LogP contribution in [-0.2, 0) is 24.2 Å². The highest BCUT2D eigenvalue weighted by Gasteiger charge is 2.27. The maximum Gasteiger partial charge on any atom is 0.328 e. The molecule has 8 heteroatoms. The average Bonchev–Trinajstić information content (AvgIpc) is 2.57. The lowest BCUT2D eigenvalue weighted by atomic mass is 10.1. The summed E-state index contributed by atoms with van der Waals surface area (Å²) in [7, 11) is -2.44. The number of rotatable bonds is 9. The SMILES string of the molecule is COC(=O)[C@H](CCS(=O)(=O)c1ccccc1)NC(=O)[C@@H](O)CC(C)C. The quantitative estimate of drug-likeness (QED) is 0.625. The Morgan fingerprint density at radius 1 is 1.20 bits per heavy atom. The van der Waals surface area contributed by atoms with Crippen LogP contribution in [0.5, 0.6) is 0 Å². The van der Waals surface area contributed by atoms with Crippen molar-refractivity contribution in [1.82, 2.24) is 5.32 Å². The summed E-state index contributed by atoms with van der Waals surface area (Å²) >= 11 is 0. The van der Waals surface area contributed by atoms with Gasteiger partial charge in [0.2, 0.25) is 5.91 Å². The van der Waals surface area contributed by atoms with Gasteiger partial charge in [-0.1, -0.05) is 32.0 Å². The van der Waals surface area contributed by atoms with Gasteiger partial charge in [-0.05, 0) is 30.9 Å². The van der Waals surface area contributed by atoms with E-state index in [1.165, 1.54) is 12.1 Å². The van der Waals surface area contributed by atoms with Crippen molar-refractivity contribution in [3.8, 4) is 0 Å². The average molecular weight is 371 g/mol. The second-order valence-corrected chi connectivity index (χ2v) is 8.26. The molecule has 0 unspecified atom stereocenters. The van der Waals surface area contributed by atoms with Gasteiger partial charge in [-0.25, -0.2) is 13.2 Å². The number of benzene rings is 1. The van der Waals surface area contributed by atoms with E-state index in [0.29, 0.717) is 0 Å². The van der Waals surface area contributed by atoms with Gasteiger partial charge in [0.25, 0.3) is 0 Å². The van der Waals surface area contributed by atoms with Gasteiger partial charge in [-0.3, -0.25) is 4.79 Å². The van der Waals surface area contributed by atoms with Crippen LogP contribution in [0.25, 0.3) is 0 Å². The van der Waals surface area contributed by atoms with Crippen molar-refractivity contribution in [2.24, 2.45) is 5.92 Å². The van der Waals surface area contributed by atoms with Crippen LogP contribution in [0.4, 0.5) is 0 Å². The van der Waals surface area contributed by atoms with E-state index in [4.69, 9.17) is 0 Å². The molecule has 0 heterocycles. The van der Waals surface area contributed by atoms with Crippen LogP contribution in [0, 0.1) is 5.92 Å². The van der Waals surface area contributed by atoms with E-state index >= 15 is 0 Å². The number of sulfone groups is 1. The van der Waals surface area contributed by atoms with Crippen molar-refractivity contribution >= 4 is 21.7 Å². The molecule has 0 saturated carbocycles. The molecule has 7 nitrogen and oxygen atoms in total. The minimum Gasteiger partial charge on any atom is -0.467 e. The third-order valence-electron chi connectivity index (χ3n) is 3.58. The Kier molecular flexibility index (Phi) is 8.05. The second-order valence-electron chi connectivity index (χ2n) is 6.15. The Labute approximate surface area is 148 Å². The number of aliphatic hydroxyl groups is 1. The fourth-order valence-corrected chi connectivity index (χ4v) is 3.58. The Bertz CT molecular complexity index is 672. The Morgan fingerprint density at radius 2 is 1.80 bits per heavy atom. The number of carbonyl (C=O) groups is 2. The van der Waals surface area contributed by atoms with Crippen LogP contribution < -0.4 is 5.32 Å². The Hall–Kier alpha value is -1.93. The maximum absolute atomic E-state index is 12.3. The number of nitrogens with one attached hydrogen (secondary N) is 1. The predicted molar refractivity (Wildman–Crippen MR) is 92.5 cm³/mol. The highest BCUT2D eigenvalue weighted by Crippen LogP contribution is 2.13. The van der Waals surface area contributed by atoms with Crippen LogP contribution in [0.15, 0.2) is 35.2 Å². The fourth-order valence-electron chi connectivity index (χ4n) is 2.23. The number of hydrogen-bond donors (Lipinski definition) is 2. The molecule has 2 atom stereocenters. The molecular formula is C17H25NO6S. The molecule has 0 aliphatic heterocycles. The van der Waals surface area contributed by atoms with E-state index in [1.807, 2.05) is 13.8 Å². The van der Waals surface area contributed by atoms with Crippen molar-refractivity contribution in [2.75, 3.05) is 12.9 Å². The van der Waals surface area contributed by atoms with E-state index in [-0.39, 0.29) is 29.4 Å². The number of hydrogen-bond acceptors (Lipinski definition) is 6. The molecule has 0 radical (unpaired) electrons. The van der Waals surface area contributed by atoms with E-state index in [1.54, 1.807) is 18.2 Å². The lowest BCUT2D eigenvalue weighted by molar-refractivity contribution is -0.146. The fraction of sp³-hybridized carbons (Fsp3) is 0.529. The molecule has 1 aromatic carbocycles. The summed E-state index contributed by atoms with van der Waals surface area (Å²) < 4.78 is 29.2. The zero-order chi connectivity index (χ0) is 19.0. The molecular weight excluding hydrogens is 346 g/mol. The van der Waals surface area contributed by atoms with Crippen LogP contribution >= 0.6 is 0 Å². The minimum absolute atomic E-state index is 0.0933. The van der Waals surface area contributed by atoms with E-state index < -0.39 is 33.9 Å². The molecule has 0 aliphatic rings. The van der Waals surface area contributed by atoms with Gasteiger partial charge in [-0.15, -0.1) is 0 Å². The number of amides is 1. The summed E-state index contributed by atoms with van der Waals surface area (Å²) in [6.45, 7) is 3.70. The first-order valence-corrected chi connectivity index (χ1v) is 9.66. The largest absolute Gasteiger partial charge is 0.467 e. The first-order chi connectivity index (χ1) is 11.7. The lowest BCUT2D eigenvalue weighted by Crippen LogP contribution is -2.47. The molecule has 1 amide bonds. The number of ether oxygens (including phenoxy) is 1. The molecule has 1 aromatic rings. The molecule has 2 N–H and O–H groups in total. The van der Waals surface area contributed by atoms with Crippen molar-refractivity contribution in [3.63, 3.8) is 0 Å². The molecule has 0 aromatic heterocycles. The first-order valence-electron chi connectivity index (χ1n) is 8.01. The van der Waals surface area contributed by atoms with E-state index in [2.05, 4.69) is 10.1 Å². The molecule has 0 saturated heterocycles. The van der Waals surface area contributed by atoms with E-state index in [9.17, 15) is 23.1 Å². The number of esters is 1. The van der Waals surface area contributed by atoms with E-state index in [0.717, 1.165) is 7.11 Å². The minimum atomic E-state index is -3.59. The molecule has 0 fully saturated rings. The second kappa shape index (κ2) is 9.53. The monoisotopic (exact) mass is 371 g/mol. The molecule has 25 heavy (non-hydrogen) atoms. The summed E-state index contributed by atoms with van der Waals surface area (Å²) in [5.74, 6) is -1.72. The molecule has 140 valence electrons. The number of carbonyl (C=O) groups excluding carboxylic acids is 2. The third-order valence-corrected chi connectivity index (χ3v) is 5.34. The summed E-state index contributed by atoms with van der Waals surface area (Å²) in [5.41, 5.74) is 0. The zero-order valence-corrected chi connectivity index (χ0v) is 15.5. The van der Waals surface area contributed by atoms with Gasteiger partial charge in [0.1, 0.15) is 12.1 Å². The highest BCUT2D eigenvalue weighted by molar-refractivity contribution is 7.91. The highest BCUT2D eigenvalue weighted by atomic mass is 32.2. The molecule has 0 aliphatic carbocycles. The van der Waals surface area contributed by atoms with Crippen molar-refractivity contribution < 1.29 is 27.9 Å². The van der Waals surface area contributed by atoms with Gasteiger partial charge in [0, 0.05) is 0 Å². The summed E-state index contributed by atoms with van der Waals surface area (Å²) in [6.07, 6.45) is -1.18. The van der Waals surface area contributed by atoms with Crippen LogP contribution in [0.3, 0.4) is 0 Å². The maximum atomic E-state index is 12.3. The Balaban J connectivity index is 2.77. The van der Waals surface area contributed by atoms with Crippen LogP contribution in [0.2, 0.25) is 0 Å². The van der Waals surface area contributed by atoms with Crippen LogP contribution in [0.1, 0.15) is 26.7 Å². The Morgan fingerprint density at radius 3 is 2.32 bits per heavy atom. The summed E-state index contributed by atoms with van der Waals surface area (Å²) in [6, 6.07) is 6.70. The standard InChI is InChI=1S/C17H25NO6S/c1-12(2)11-15(19)16(20)18-14(17(21)24-3)9-10-25(22,23)13-7-5-4-6-8-13/h4-8,12,14-15,19H,9-11H2,1-3H3,(H,18,20)/t14-,15-/m0/s1. The van der Waals surface area contributed by atoms with Gasteiger partial charge >= 0.3 is 5.97 Å². The molecule has 1 rings (SSSR count). The van der Waals surface area contributed by atoms with Crippen molar-refractivity contribution in [1.29, 1.82) is 0 Å². The van der Waals surface area contributed by atoms with Gasteiger partial charge < -0.3 is 15.2 Å². The van der Waals surface area contributed by atoms with Gasteiger partial charge in [0.15, 0.2) is 9.84 Å². The normalized spacial score (nSPS) is 14.0. The van der Waals surface area contributed by atoms with Gasteiger partial charge in [-0.2, -0.15) is 0 Å². The van der Waals surface area contributed by atoms with Crippen LogP contribution in [-0.4, -0.2) is 50.4 Å². The predicted octanol–water partition coefficient (Wildman–Crippen LogP) is 0.915. The van der Waals surface area contributed by atoms with Gasteiger partial charge in [0.05, 0.1) is 17.8 Å². The summed E-state index contributed by atoms with van der Waals surface area (Å²) in [5, 5.41) is 12.2. The third kappa shape index (κ3) is 6.83. The number of aliphatic hydroxyl groups excluding tert-OH is 1. The lowest BCUT2D eigenvalue weighted by Gasteiger charge is -2.19. The smallest absolute Gasteiger partial charge is 0.328 e. The van der Waals surface area contributed by atoms with Crippen molar-refractivity contribution in [2.45, 2.75) is 43.7 Å². The number of methoxy groups -OCH3 is 1. The molecule has 0 bridgehead atoms.